The number of aromatic nitrogens is 1. The Hall–Kier alpha value is -3.20. The van der Waals surface area contributed by atoms with Crippen molar-refractivity contribution in [2.75, 3.05) is 19.5 Å². The maximum absolute atomic E-state index is 12.8. The van der Waals surface area contributed by atoms with Crippen molar-refractivity contribution >= 4 is 17.7 Å². The van der Waals surface area contributed by atoms with Crippen LogP contribution in [-0.2, 0) is 4.79 Å². The lowest BCUT2D eigenvalue weighted by atomic mass is 9.95. The molecule has 30 heavy (non-hydrogen) atoms. The predicted molar refractivity (Wildman–Crippen MR) is 118 cm³/mol. The van der Waals surface area contributed by atoms with Crippen LogP contribution in [-0.4, -0.2) is 24.7 Å². The van der Waals surface area contributed by atoms with Crippen LogP contribution < -0.4 is 14.8 Å². The highest BCUT2D eigenvalue weighted by molar-refractivity contribution is 6.10. The smallest absolute Gasteiger partial charge is 0.266 e. The molecule has 2 aromatic rings. The third-order valence-electron chi connectivity index (χ3n) is 5.79. The van der Waals surface area contributed by atoms with Gasteiger partial charge in [0, 0.05) is 23.5 Å². The van der Waals surface area contributed by atoms with E-state index in [4.69, 9.17) is 9.47 Å². The quantitative estimate of drug-likeness (QED) is 0.529. The summed E-state index contributed by atoms with van der Waals surface area (Å²) in [6, 6.07) is 9.71. The minimum Gasteiger partial charge on any atom is -0.497 e. The molecule has 0 spiro atoms. The number of ether oxygens (including phenoxy) is 2. The van der Waals surface area contributed by atoms with Crippen molar-refractivity contribution < 1.29 is 14.3 Å². The number of rotatable bonds is 6. The minimum absolute atomic E-state index is 0.0526. The van der Waals surface area contributed by atoms with Crippen LogP contribution in [0.1, 0.15) is 55.1 Å². The van der Waals surface area contributed by atoms with Crippen molar-refractivity contribution in [2.45, 2.75) is 52.0 Å². The summed E-state index contributed by atoms with van der Waals surface area (Å²) in [5.41, 5.74) is 3.71. The minimum atomic E-state index is -0.469. The zero-order valence-electron chi connectivity index (χ0n) is 18.1. The predicted octanol–water partition coefficient (Wildman–Crippen LogP) is 5.17. The van der Waals surface area contributed by atoms with Crippen LogP contribution in [0.2, 0.25) is 0 Å². The molecule has 1 aromatic heterocycles. The molecule has 0 atom stereocenters. The van der Waals surface area contributed by atoms with Gasteiger partial charge >= 0.3 is 0 Å². The number of methoxy groups -OCH3 is 2. The third-order valence-corrected chi connectivity index (χ3v) is 5.79. The highest BCUT2D eigenvalue weighted by atomic mass is 16.5. The van der Waals surface area contributed by atoms with E-state index in [1.165, 1.54) is 44.9 Å². The molecule has 6 heteroatoms. The maximum Gasteiger partial charge on any atom is 0.266 e. The molecule has 158 valence electrons. The second-order valence-corrected chi connectivity index (χ2v) is 7.68. The normalized spacial score (nSPS) is 14.8. The van der Waals surface area contributed by atoms with Crippen LogP contribution >= 0.6 is 0 Å². The lowest BCUT2D eigenvalue weighted by Gasteiger charge is -2.26. The Bertz CT molecular complexity index is 992. The van der Waals surface area contributed by atoms with Gasteiger partial charge in [-0.2, -0.15) is 5.26 Å². The highest BCUT2D eigenvalue weighted by Crippen LogP contribution is 2.33. The summed E-state index contributed by atoms with van der Waals surface area (Å²) in [5, 5.41) is 12.4. The molecule has 0 aliphatic heterocycles. The zero-order chi connectivity index (χ0) is 21.7. The summed E-state index contributed by atoms with van der Waals surface area (Å²) in [7, 11) is 3.08. The first kappa shape index (κ1) is 21.5. The van der Waals surface area contributed by atoms with Crippen LogP contribution in [0.5, 0.6) is 11.5 Å². The van der Waals surface area contributed by atoms with Crippen LogP contribution in [0.3, 0.4) is 0 Å². The number of hydrogen-bond acceptors (Lipinski definition) is 4. The molecule has 1 amide bonds. The van der Waals surface area contributed by atoms with Crippen molar-refractivity contribution in [1.82, 2.24) is 4.57 Å². The van der Waals surface area contributed by atoms with Gasteiger partial charge in [-0.3, -0.25) is 4.79 Å². The summed E-state index contributed by atoms with van der Waals surface area (Å²) < 4.78 is 12.9. The van der Waals surface area contributed by atoms with Gasteiger partial charge in [0.15, 0.2) is 0 Å². The first-order valence-corrected chi connectivity index (χ1v) is 10.3. The zero-order valence-corrected chi connectivity index (χ0v) is 18.1. The van der Waals surface area contributed by atoms with Gasteiger partial charge in [-0.05, 0) is 56.5 Å². The van der Waals surface area contributed by atoms with E-state index in [0.29, 0.717) is 23.2 Å². The number of benzene rings is 1. The molecule has 1 fully saturated rings. The van der Waals surface area contributed by atoms with Crippen LogP contribution in [0.15, 0.2) is 29.8 Å². The Labute approximate surface area is 178 Å². The van der Waals surface area contributed by atoms with Gasteiger partial charge in [-0.15, -0.1) is 0 Å². The van der Waals surface area contributed by atoms with Gasteiger partial charge in [-0.1, -0.05) is 19.3 Å². The molecule has 1 heterocycles. The Morgan fingerprint density at radius 2 is 1.90 bits per heavy atom. The summed E-state index contributed by atoms with van der Waals surface area (Å²) in [6.07, 6.45) is 7.85. The molecule has 0 saturated heterocycles. The molecule has 0 bridgehead atoms. The van der Waals surface area contributed by atoms with E-state index < -0.39 is 5.91 Å². The summed E-state index contributed by atoms with van der Waals surface area (Å²) in [4.78, 5) is 12.8. The molecule has 3 rings (SSSR count). The largest absolute Gasteiger partial charge is 0.497 e. The summed E-state index contributed by atoms with van der Waals surface area (Å²) in [5.74, 6) is 0.620. The summed E-state index contributed by atoms with van der Waals surface area (Å²) in [6.45, 7) is 4.15. The number of carbonyl (C=O) groups excluding carboxylic acids is 1. The van der Waals surface area contributed by atoms with Crippen molar-refractivity contribution in [3.8, 4) is 17.6 Å². The SMILES string of the molecule is COc1ccc(NC(=O)/C(C#N)=C/c2cc(C)n(C3CCCCC3)c2C)c(OC)c1. The van der Waals surface area contributed by atoms with Crippen LogP contribution in [0.4, 0.5) is 5.69 Å². The first-order chi connectivity index (χ1) is 14.5. The van der Waals surface area contributed by atoms with E-state index >= 15 is 0 Å². The topological polar surface area (TPSA) is 76.3 Å². The van der Waals surface area contributed by atoms with E-state index in [2.05, 4.69) is 29.8 Å². The molecule has 1 saturated carbocycles. The molecule has 1 aliphatic rings. The lowest BCUT2D eigenvalue weighted by molar-refractivity contribution is -0.112. The van der Waals surface area contributed by atoms with Gasteiger partial charge < -0.3 is 19.4 Å². The van der Waals surface area contributed by atoms with Crippen molar-refractivity contribution in [1.29, 1.82) is 5.26 Å². The number of anilines is 1. The fraction of sp³-hybridized carbons (Fsp3) is 0.417. The average molecular weight is 408 g/mol. The number of aryl methyl sites for hydroxylation is 1. The molecule has 0 radical (unpaired) electrons. The van der Waals surface area contributed by atoms with E-state index in [0.717, 1.165) is 11.3 Å². The monoisotopic (exact) mass is 407 g/mol. The Morgan fingerprint density at radius 3 is 2.53 bits per heavy atom. The van der Waals surface area contributed by atoms with E-state index in [9.17, 15) is 10.1 Å². The van der Waals surface area contributed by atoms with E-state index in [1.807, 2.05) is 6.07 Å². The van der Waals surface area contributed by atoms with E-state index in [-0.39, 0.29) is 5.57 Å². The number of nitrogens with zero attached hydrogens (tertiary/aromatic N) is 2. The van der Waals surface area contributed by atoms with Crippen LogP contribution in [0, 0.1) is 25.2 Å². The fourth-order valence-corrected chi connectivity index (χ4v) is 4.25. The number of nitriles is 1. The number of nitrogens with one attached hydrogen (secondary N) is 1. The Morgan fingerprint density at radius 1 is 1.17 bits per heavy atom. The molecule has 1 aliphatic carbocycles. The molecule has 0 unspecified atom stereocenters. The standard InChI is InChI=1S/C24H29N3O3/c1-16-12-18(17(2)27(16)20-8-6-5-7-9-20)13-19(15-25)24(28)26-22-11-10-21(29-3)14-23(22)30-4/h10-14,20H,5-9H2,1-4H3,(H,26,28)/b19-13+. The fourth-order valence-electron chi connectivity index (χ4n) is 4.25. The maximum atomic E-state index is 12.8. The van der Waals surface area contributed by atoms with Gasteiger partial charge in [-0.25, -0.2) is 0 Å². The molecule has 1 N–H and O–H groups in total. The second-order valence-electron chi connectivity index (χ2n) is 7.68. The Balaban J connectivity index is 1.86. The molecular formula is C24H29N3O3. The first-order valence-electron chi connectivity index (χ1n) is 10.3. The number of carbonyl (C=O) groups is 1. The highest BCUT2D eigenvalue weighted by Gasteiger charge is 2.20. The third kappa shape index (κ3) is 4.51. The lowest BCUT2D eigenvalue weighted by Crippen LogP contribution is -2.15. The van der Waals surface area contributed by atoms with Gasteiger partial charge in [0.25, 0.3) is 5.91 Å². The second kappa shape index (κ2) is 9.53. The molecular weight excluding hydrogens is 378 g/mol. The molecule has 6 nitrogen and oxygen atoms in total. The van der Waals surface area contributed by atoms with Crippen molar-refractivity contribution in [3.63, 3.8) is 0 Å². The summed E-state index contributed by atoms with van der Waals surface area (Å²) >= 11 is 0. The van der Waals surface area contributed by atoms with Gasteiger partial charge in [0.2, 0.25) is 0 Å². The van der Waals surface area contributed by atoms with Crippen molar-refractivity contribution in [2.24, 2.45) is 0 Å². The van der Waals surface area contributed by atoms with E-state index in [1.54, 1.807) is 31.4 Å². The molecule has 1 aromatic carbocycles. The van der Waals surface area contributed by atoms with Crippen molar-refractivity contribution in [3.05, 3.63) is 46.8 Å². The number of hydrogen-bond donors (Lipinski definition) is 1. The van der Waals surface area contributed by atoms with Gasteiger partial charge in [0.1, 0.15) is 23.1 Å². The van der Waals surface area contributed by atoms with Gasteiger partial charge in [0.05, 0.1) is 19.9 Å². The Kier molecular flexibility index (Phi) is 6.83. The average Bonchev–Trinajstić information content (AvgIpc) is 3.05. The van der Waals surface area contributed by atoms with Crippen LogP contribution in [0.25, 0.3) is 6.08 Å². The number of amides is 1.